The molecule has 0 fully saturated rings. The van der Waals surface area contributed by atoms with E-state index in [-0.39, 0.29) is 4.99 Å². The van der Waals surface area contributed by atoms with Crippen LogP contribution in [0.5, 0.6) is 0 Å². The SMILES string of the molecule is CCC(C(N)=S)S(=O)(=O)Nc1c(C)cccc1C. The summed E-state index contributed by atoms with van der Waals surface area (Å²) in [5, 5.41) is -0.841. The van der Waals surface area contributed by atoms with Crippen molar-refractivity contribution in [1.29, 1.82) is 0 Å². The van der Waals surface area contributed by atoms with Gasteiger partial charge in [0.25, 0.3) is 0 Å². The number of anilines is 1. The fourth-order valence-corrected chi connectivity index (χ4v) is 3.80. The third kappa shape index (κ3) is 3.20. The Morgan fingerprint density at radius 3 is 2.28 bits per heavy atom. The fraction of sp³-hybridized carbons (Fsp3) is 0.417. The van der Waals surface area contributed by atoms with Gasteiger partial charge in [0.15, 0.2) is 0 Å². The highest BCUT2D eigenvalue weighted by molar-refractivity contribution is 7.95. The minimum atomic E-state index is -3.59. The van der Waals surface area contributed by atoms with E-state index in [1.165, 1.54) is 0 Å². The number of benzene rings is 1. The first-order valence-electron chi connectivity index (χ1n) is 5.66. The van der Waals surface area contributed by atoms with Gasteiger partial charge in [-0.2, -0.15) is 0 Å². The van der Waals surface area contributed by atoms with E-state index in [4.69, 9.17) is 18.0 Å². The van der Waals surface area contributed by atoms with Crippen LogP contribution in [0.3, 0.4) is 0 Å². The summed E-state index contributed by atoms with van der Waals surface area (Å²) in [5.74, 6) is 0. The maximum Gasteiger partial charge on any atom is 0.242 e. The third-order valence-corrected chi connectivity index (χ3v) is 5.05. The average molecular weight is 286 g/mol. The topological polar surface area (TPSA) is 72.2 Å². The van der Waals surface area contributed by atoms with Gasteiger partial charge in [0, 0.05) is 0 Å². The number of hydrogen-bond donors (Lipinski definition) is 2. The molecule has 1 aromatic carbocycles. The van der Waals surface area contributed by atoms with Crippen LogP contribution < -0.4 is 10.5 Å². The van der Waals surface area contributed by atoms with Gasteiger partial charge in [-0.1, -0.05) is 37.3 Å². The predicted octanol–water partition coefficient (Wildman–Crippen LogP) is 2.11. The molecule has 100 valence electrons. The summed E-state index contributed by atoms with van der Waals surface area (Å²) < 4.78 is 27.0. The van der Waals surface area contributed by atoms with Gasteiger partial charge in [-0.15, -0.1) is 0 Å². The number of aryl methyl sites for hydroxylation is 2. The van der Waals surface area contributed by atoms with E-state index >= 15 is 0 Å². The summed E-state index contributed by atoms with van der Waals surface area (Å²) in [4.78, 5) is -0.00348. The molecule has 3 N–H and O–H groups in total. The number of rotatable bonds is 5. The number of nitrogens with two attached hydrogens (primary N) is 1. The Hall–Kier alpha value is -1.14. The normalized spacial score (nSPS) is 13.1. The van der Waals surface area contributed by atoms with Gasteiger partial charge in [0.2, 0.25) is 10.0 Å². The molecule has 1 atom stereocenters. The second kappa shape index (κ2) is 5.67. The molecule has 0 heterocycles. The average Bonchev–Trinajstić information content (AvgIpc) is 2.23. The van der Waals surface area contributed by atoms with Gasteiger partial charge in [-0.3, -0.25) is 4.72 Å². The molecule has 0 spiro atoms. The van der Waals surface area contributed by atoms with Crippen molar-refractivity contribution in [1.82, 2.24) is 0 Å². The monoisotopic (exact) mass is 286 g/mol. The summed E-state index contributed by atoms with van der Waals surface area (Å²) in [6.07, 6.45) is 0.357. The zero-order valence-corrected chi connectivity index (χ0v) is 12.4. The van der Waals surface area contributed by atoms with Crippen molar-refractivity contribution in [3.63, 3.8) is 0 Å². The van der Waals surface area contributed by atoms with Crippen LogP contribution in [0.2, 0.25) is 0 Å². The molecule has 1 aromatic rings. The van der Waals surface area contributed by atoms with E-state index < -0.39 is 15.3 Å². The summed E-state index contributed by atoms with van der Waals surface area (Å²) >= 11 is 4.80. The highest BCUT2D eigenvalue weighted by atomic mass is 32.2. The minimum absolute atomic E-state index is 0.00348. The van der Waals surface area contributed by atoms with Gasteiger partial charge in [-0.25, -0.2) is 8.42 Å². The molecular formula is C12H18N2O2S2. The second-order valence-corrected chi connectivity index (χ2v) is 6.55. The molecule has 18 heavy (non-hydrogen) atoms. The van der Waals surface area contributed by atoms with Gasteiger partial charge in [0.05, 0.1) is 10.7 Å². The highest BCUT2D eigenvalue weighted by Crippen LogP contribution is 2.22. The lowest BCUT2D eigenvalue weighted by atomic mass is 10.1. The van der Waals surface area contributed by atoms with E-state index in [0.29, 0.717) is 12.1 Å². The zero-order valence-electron chi connectivity index (χ0n) is 10.7. The van der Waals surface area contributed by atoms with Crippen LogP contribution in [0.15, 0.2) is 18.2 Å². The molecule has 0 bridgehead atoms. The van der Waals surface area contributed by atoms with Gasteiger partial charge >= 0.3 is 0 Å². The van der Waals surface area contributed by atoms with Crippen molar-refractivity contribution < 1.29 is 8.42 Å². The number of thiocarbonyl (C=S) groups is 1. The Bertz CT molecular complexity index is 533. The molecular weight excluding hydrogens is 268 g/mol. The van der Waals surface area contributed by atoms with Gasteiger partial charge in [-0.05, 0) is 31.4 Å². The Kier molecular flexibility index (Phi) is 4.70. The first-order valence-corrected chi connectivity index (χ1v) is 7.62. The van der Waals surface area contributed by atoms with Crippen molar-refractivity contribution >= 4 is 32.9 Å². The van der Waals surface area contributed by atoms with Crippen LogP contribution in [-0.2, 0) is 10.0 Å². The summed E-state index contributed by atoms with van der Waals surface area (Å²) in [7, 11) is -3.59. The molecule has 0 aliphatic carbocycles. The van der Waals surface area contributed by atoms with E-state index in [2.05, 4.69) is 4.72 Å². The van der Waals surface area contributed by atoms with Crippen molar-refractivity contribution in [2.24, 2.45) is 5.73 Å². The van der Waals surface area contributed by atoms with Crippen LogP contribution in [0, 0.1) is 13.8 Å². The van der Waals surface area contributed by atoms with Crippen molar-refractivity contribution in [2.45, 2.75) is 32.4 Å². The summed E-state index contributed by atoms with van der Waals surface area (Å²) in [6.45, 7) is 5.45. The van der Waals surface area contributed by atoms with E-state index in [1.54, 1.807) is 6.92 Å². The van der Waals surface area contributed by atoms with Crippen LogP contribution in [0.25, 0.3) is 0 Å². The van der Waals surface area contributed by atoms with E-state index in [1.807, 2.05) is 32.0 Å². The molecule has 0 aliphatic heterocycles. The maximum atomic E-state index is 12.2. The Morgan fingerprint density at radius 2 is 1.89 bits per heavy atom. The van der Waals surface area contributed by atoms with Crippen molar-refractivity contribution in [3.8, 4) is 0 Å². The lowest BCUT2D eigenvalue weighted by molar-refractivity contribution is 0.594. The zero-order chi connectivity index (χ0) is 13.9. The van der Waals surface area contributed by atoms with Gasteiger partial charge < -0.3 is 5.73 Å². The maximum absolute atomic E-state index is 12.2. The highest BCUT2D eigenvalue weighted by Gasteiger charge is 2.27. The Labute approximate surface area is 114 Å². The summed E-state index contributed by atoms with van der Waals surface area (Å²) in [5.41, 5.74) is 7.82. The molecule has 6 heteroatoms. The Morgan fingerprint density at radius 1 is 1.39 bits per heavy atom. The number of hydrogen-bond acceptors (Lipinski definition) is 3. The lowest BCUT2D eigenvalue weighted by Gasteiger charge is -2.18. The predicted molar refractivity (Wildman–Crippen MR) is 79.3 cm³/mol. The largest absolute Gasteiger partial charge is 0.392 e. The first kappa shape index (κ1) is 14.9. The first-order chi connectivity index (χ1) is 8.29. The smallest absolute Gasteiger partial charge is 0.242 e. The van der Waals surface area contributed by atoms with Crippen LogP contribution >= 0.6 is 12.2 Å². The molecule has 0 saturated heterocycles. The molecule has 1 rings (SSSR count). The van der Waals surface area contributed by atoms with Crippen molar-refractivity contribution in [3.05, 3.63) is 29.3 Å². The van der Waals surface area contributed by atoms with Gasteiger partial charge in [0.1, 0.15) is 5.25 Å². The molecule has 0 saturated carbocycles. The van der Waals surface area contributed by atoms with Crippen LogP contribution in [-0.4, -0.2) is 18.7 Å². The molecule has 1 unspecified atom stereocenters. The molecule has 0 radical (unpaired) electrons. The quantitative estimate of drug-likeness (QED) is 0.813. The molecule has 4 nitrogen and oxygen atoms in total. The lowest BCUT2D eigenvalue weighted by Crippen LogP contribution is -2.37. The van der Waals surface area contributed by atoms with E-state index in [0.717, 1.165) is 11.1 Å². The molecule has 0 aromatic heterocycles. The third-order valence-electron chi connectivity index (χ3n) is 2.79. The molecule has 0 aliphatic rings. The number of sulfonamides is 1. The second-order valence-electron chi connectivity index (χ2n) is 4.21. The number of nitrogens with one attached hydrogen (secondary N) is 1. The summed E-state index contributed by atoms with van der Waals surface area (Å²) in [6, 6.07) is 5.59. The Balaban J connectivity index is 3.14. The van der Waals surface area contributed by atoms with Crippen molar-refractivity contribution in [2.75, 3.05) is 4.72 Å². The standard InChI is InChI=1S/C12H18N2O2S2/c1-4-10(12(13)17)18(15,16)14-11-8(2)6-5-7-9(11)3/h5-7,10,14H,4H2,1-3H3,(H2,13,17). The fourth-order valence-electron chi connectivity index (χ4n) is 1.76. The van der Waals surface area contributed by atoms with E-state index in [9.17, 15) is 8.42 Å². The number of para-hydroxylation sites is 1. The molecule has 0 amide bonds. The minimum Gasteiger partial charge on any atom is -0.392 e. The van der Waals surface area contributed by atoms with Crippen LogP contribution in [0.1, 0.15) is 24.5 Å². The van der Waals surface area contributed by atoms with Crippen LogP contribution in [0.4, 0.5) is 5.69 Å².